The Labute approximate surface area is 135 Å². The number of hydrogen-bond donors (Lipinski definition) is 3. The number of carbonyl (C=O) groups is 1. The van der Waals surface area contributed by atoms with Gasteiger partial charge in [-0.2, -0.15) is 24.5 Å². The van der Waals surface area contributed by atoms with Crippen molar-refractivity contribution in [2.45, 2.75) is 19.2 Å². The number of rotatable bonds is 4. The lowest BCUT2D eigenvalue weighted by Gasteiger charge is -2.16. The second kappa shape index (κ2) is 7.01. The number of aliphatic hydroxyl groups excluding tert-OH is 1. The molecule has 1 heterocycles. The van der Waals surface area contributed by atoms with Crippen LogP contribution in [0.15, 0.2) is 35.0 Å². The minimum Gasteiger partial charge on any atom is -0.387 e. The molecule has 0 saturated carbocycles. The fourth-order valence-electron chi connectivity index (χ4n) is 2.02. The van der Waals surface area contributed by atoms with Crippen molar-refractivity contribution in [3.8, 4) is 0 Å². The monoisotopic (exact) mass is 344 g/mol. The molecule has 1 atom stereocenters. The molecule has 1 unspecified atom stereocenters. The van der Waals surface area contributed by atoms with Crippen LogP contribution in [0.1, 0.15) is 22.8 Å². The molecule has 0 radical (unpaired) electrons. The summed E-state index contributed by atoms with van der Waals surface area (Å²) >= 11 is 1.42. The lowest BCUT2D eigenvalue weighted by atomic mass is 10.1. The fourth-order valence-corrected chi connectivity index (χ4v) is 2.72. The lowest BCUT2D eigenvalue weighted by molar-refractivity contribution is -0.138. The highest BCUT2D eigenvalue weighted by Gasteiger charge is 2.33. The molecule has 0 aliphatic carbocycles. The fraction of sp³-hybridized carbons (Fsp3) is 0.267. The number of amides is 2. The Morgan fingerprint density at radius 2 is 2.09 bits per heavy atom. The Morgan fingerprint density at radius 3 is 2.70 bits per heavy atom. The summed E-state index contributed by atoms with van der Waals surface area (Å²) < 4.78 is 38.5. The van der Waals surface area contributed by atoms with Crippen LogP contribution in [-0.2, 0) is 6.18 Å². The van der Waals surface area contributed by atoms with Gasteiger partial charge in [0, 0.05) is 12.2 Å². The number of carbonyl (C=O) groups excluding carboxylic acids is 1. The molecule has 2 rings (SSSR count). The van der Waals surface area contributed by atoms with E-state index in [0.29, 0.717) is 5.56 Å². The van der Waals surface area contributed by atoms with Crippen LogP contribution in [0.4, 0.5) is 23.7 Å². The van der Waals surface area contributed by atoms with E-state index in [9.17, 15) is 23.1 Å². The van der Waals surface area contributed by atoms with E-state index in [0.717, 1.165) is 6.07 Å². The van der Waals surface area contributed by atoms with E-state index < -0.39 is 23.9 Å². The first-order valence-electron chi connectivity index (χ1n) is 6.71. The first-order valence-corrected chi connectivity index (χ1v) is 7.65. The number of nitrogens with one attached hydrogen (secondary N) is 2. The smallest absolute Gasteiger partial charge is 0.387 e. The average molecular weight is 344 g/mol. The van der Waals surface area contributed by atoms with Crippen LogP contribution in [-0.4, -0.2) is 17.7 Å². The van der Waals surface area contributed by atoms with Crippen LogP contribution < -0.4 is 10.6 Å². The van der Waals surface area contributed by atoms with Crippen molar-refractivity contribution in [1.29, 1.82) is 0 Å². The minimum atomic E-state index is -4.48. The number of urea groups is 1. The second-order valence-electron chi connectivity index (χ2n) is 4.88. The quantitative estimate of drug-likeness (QED) is 0.787. The third-order valence-corrected chi connectivity index (χ3v) is 3.97. The van der Waals surface area contributed by atoms with E-state index in [-0.39, 0.29) is 17.8 Å². The molecule has 0 saturated heterocycles. The number of thiophene rings is 1. The molecule has 0 bridgehead atoms. The molecule has 124 valence electrons. The van der Waals surface area contributed by atoms with Gasteiger partial charge in [0.2, 0.25) is 0 Å². The van der Waals surface area contributed by atoms with E-state index in [4.69, 9.17) is 0 Å². The van der Waals surface area contributed by atoms with Crippen molar-refractivity contribution in [2.24, 2.45) is 0 Å². The van der Waals surface area contributed by atoms with Gasteiger partial charge in [0.15, 0.2) is 0 Å². The maximum atomic E-state index is 12.8. The number of alkyl halides is 3. The molecule has 0 fully saturated rings. The van der Waals surface area contributed by atoms with Gasteiger partial charge >= 0.3 is 12.2 Å². The number of benzene rings is 1. The molecule has 23 heavy (non-hydrogen) atoms. The van der Waals surface area contributed by atoms with Crippen molar-refractivity contribution in [3.63, 3.8) is 0 Å². The van der Waals surface area contributed by atoms with Gasteiger partial charge in [-0.1, -0.05) is 6.07 Å². The maximum absolute atomic E-state index is 12.8. The van der Waals surface area contributed by atoms with Crippen LogP contribution >= 0.6 is 11.3 Å². The summed E-state index contributed by atoms with van der Waals surface area (Å²) in [5.74, 6) is 0. The Balaban J connectivity index is 1.98. The van der Waals surface area contributed by atoms with Crippen molar-refractivity contribution in [2.75, 3.05) is 11.9 Å². The number of aliphatic hydroxyl groups is 1. The molecule has 1 aromatic heterocycles. The lowest BCUT2D eigenvalue weighted by Crippen LogP contribution is -2.32. The summed E-state index contributed by atoms with van der Waals surface area (Å²) in [5, 5.41) is 18.2. The first-order chi connectivity index (χ1) is 10.8. The van der Waals surface area contributed by atoms with Gasteiger partial charge in [0.1, 0.15) is 0 Å². The van der Waals surface area contributed by atoms with Crippen molar-refractivity contribution in [3.05, 3.63) is 51.7 Å². The predicted octanol–water partition coefficient (Wildman–Crippen LogP) is 3.93. The average Bonchev–Trinajstić information content (AvgIpc) is 3.00. The molecule has 1 aromatic carbocycles. The van der Waals surface area contributed by atoms with Crippen LogP contribution in [0.5, 0.6) is 0 Å². The summed E-state index contributed by atoms with van der Waals surface area (Å²) in [7, 11) is 0. The third-order valence-electron chi connectivity index (χ3n) is 3.27. The Bertz CT molecular complexity index is 672. The SMILES string of the molecule is Cc1c(NC(=O)NCC(O)c2ccsc2)cccc1C(F)(F)F. The summed E-state index contributed by atoms with van der Waals surface area (Å²) in [4.78, 5) is 11.8. The number of halogens is 3. The Kier molecular flexibility index (Phi) is 5.27. The zero-order chi connectivity index (χ0) is 17.0. The van der Waals surface area contributed by atoms with Gasteiger partial charge in [-0.3, -0.25) is 0 Å². The standard InChI is InChI=1S/C15H15F3N2O2S/c1-9-11(15(16,17)18)3-2-4-12(9)20-14(22)19-7-13(21)10-5-6-23-8-10/h2-6,8,13,21H,7H2,1H3,(H2,19,20,22). The zero-order valence-corrected chi connectivity index (χ0v) is 13.0. The van der Waals surface area contributed by atoms with E-state index in [1.807, 2.05) is 0 Å². The molecule has 3 N–H and O–H groups in total. The predicted molar refractivity (Wildman–Crippen MR) is 82.5 cm³/mol. The van der Waals surface area contributed by atoms with E-state index in [1.165, 1.54) is 30.4 Å². The van der Waals surface area contributed by atoms with Crippen molar-refractivity contribution in [1.82, 2.24) is 5.32 Å². The first kappa shape index (κ1) is 17.3. The van der Waals surface area contributed by atoms with Gasteiger partial charge in [0.25, 0.3) is 0 Å². The molecule has 0 aliphatic rings. The minimum absolute atomic E-state index is 0.0411. The molecule has 2 aromatic rings. The van der Waals surface area contributed by atoms with Gasteiger partial charge in [-0.15, -0.1) is 0 Å². The topological polar surface area (TPSA) is 61.4 Å². The third kappa shape index (κ3) is 4.46. The van der Waals surface area contributed by atoms with E-state index in [1.54, 1.807) is 16.8 Å². The molecule has 2 amide bonds. The van der Waals surface area contributed by atoms with Crippen LogP contribution in [0.25, 0.3) is 0 Å². The van der Waals surface area contributed by atoms with Crippen molar-refractivity contribution >= 4 is 23.1 Å². The maximum Gasteiger partial charge on any atom is 0.416 e. The number of anilines is 1. The van der Waals surface area contributed by atoms with Gasteiger partial charge in [0.05, 0.1) is 11.7 Å². The van der Waals surface area contributed by atoms with Gasteiger partial charge in [-0.25, -0.2) is 4.79 Å². The van der Waals surface area contributed by atoms with Crippen LogP contribution in [0.3, 0.4) is 0 Å². The zero-order valence-electron chi connectivity index (χ0n) is 12.1. The highest BCUT2D eigenvalue weighted by Crippen LogP contribution is 2.34. The second-order valence-corrected chi connectivity index (χ2v) is 5.66. The van der Waals surface area contributed by atoms with Crippen molar-refractivity contribution < 1.29 is 23.1 Å². The molecule has 0 aliphatic heterocycles. The summed E-state index contributed by atoms with van der Waals surface area (Å²) in [6, 6.07) is 4.62. The highest BCUT2D eigenvalue weighted by atomic mass is 32.1. The molecular weight excluding hydrogens is 329 g/mol. The summed E-state index contributed by atoms with van der Waals surface area (Å²) in [5.41, 5.74) is -0.116. The Hall–Kier alpha value is -2.06. The summed E-state index contributed by atoms with van der Waals surface area (Å²) in [6.07, 6.45) is -5.34. The number of hydrogen-bond acceptors (Lipinski definition) is 3. The molecule has 0 spiro atoms. The normalized spacial score (nSPS) is 12.7. The molecular formula is C15H15F3N2O2S. The van der Waals surface area contributed by atoms with E-state index in [2.05, 4.69) is 10.6 Å². The summed E-state index contributed by atoms with van der Waals surface area (Å²) in [6.45, 7) is 1.25. The van der Waals surface area contributed by atoms with Gasteiger partial charge in [-0.05, 0) is 47.0 Å². The van der Waals surface area contributed by atoms with Gasteiger partial charge < -0.3 is 15.7 Å². The molecule has 4 nitrogen and oxygen atoms in total. The largest absolute Gasteiger partial charge is 0.416 e. The van der Waals surface area contributed by atoms with Crippen LogP contribution in [0.2, 0.25) is 0 Å². The highest BCUT2D eigenvalue weighted by molar-refractivity contribution is 7.07. The Morgan fingerprint density at radius 1 is 1.35 bits per heavy atom. The van der Waals surface area contributed by atoms with E-state index >= 15 is 0 Å². The molecule has 8 heteroatoms. The van der Waals surface area contributed by atoms with Crippen LogP contribution in [0, 0.1) is 6.92 Å².